The molecule has 0 saturated carbocycles. The second-order valence-electron chi connectivity index (χ2n) is 7.21. The Morgan fingerprint density at radius 2 is 2.04 bits per heavy atom. The van der Waals surface area contributed by atoms with Crippen molar-refractivity contribution in [3.05, 3.63) is 47.0 Å². The van der Waals surface area contributed by atoms with E-state index in [4.69, 9.17) is 5.73 Å². The van der Waals surface area contributed by atoms with E-state index in [1.54, 1.807) is 12.1 Å². The minimum atomic E-state index is -1.30. The Kier molecular flexibility index (Phi) is 7.18. The maximum atomic E-state index is 13.3. The van der Waals surface area contributed by atoms with Crippen LogP contribution in [-0.2, 0) is 4.79 Å². The van der Waals surface area contributed by atoms with Gasteiger partial charge in [0.2, 0.25) is 0 Å². The third-order valence-electron chi connectivity index (χ3n) is 5.16. The molecule has 0 aromatic heterocycles. The highest BCUT2D eigenvalue weighted by Crippen LogP contribution is 2.32. The number of ketones is 3. The van der Waals surface area contributed by atoms with Crippen molar-refractivity contribution < 1.29 is 19.5 Å². The predicted octanol–water partition coefficient (Wildman–Crippen LogP) is 1.97. The lowest BCUT2D eigenvalue weighted by Gasteiger charge is -2.23. The molecule has 1 aromatic carbocycles. The molecule has 27 heavy (non-hydrogen) atoms. The van der Waals surface area contributed by atoms with E-state index in [0.29, 0.717) is 11.1 Å². The number of aliphatic hydroxyl groups is 1. The number of rotatable bonds is 9. The van der Waals surface area contributed by atoms with Crippen LogP contribution < -0.4 is 11.1 Å². The quantitative estimate of drug-likeness (QED) is 0.347. The number of hydrogen-bond donors (Lipinski definition) is 3. The summed E-state index contributed by atoms with van der Waals surface area (Å²) < 4.78 is 0. The minimum Gasteiger partial charge on any atom is -0.378 e. The molecule has 1 fully saturated rings. The molecule has 1 heterocycles. The van der Waals surface area contributed by atoms with Crippen LogP contribution in [0.2, 0.25) is 0 Å². The Morgan fingerprint density at radius 1 is 1.33 bits per heavy atom. The summed E-state index contributed by atoms with van der Waals surface area (Å²) in [6.45, 7) is 8.33. The summed E-state index contributed by atoms with van der Waals surface area (Å²) in [6.07, 6.45) is 0.00225. The minimum absolute atomic E-state index is 0.0530. The van der Waals surface area contributed by atoms with Crippen molar-refractivity contribution in [2.24, 2.45) is 11.7 Å². The fraction of sp³-hybridized carbons (Fsp3) is 0.476. The summed E-state index contributed by atoms with van der Waals surface area (Å²) >= 11 is 0. The van der Waals surface area contributed by atoms with Crippen molar-refractivity contribution in [2.45, 2.75) is 45.3 Å². The number of Topliss-reactive ketones (excluding diaryl/α,β-unsaturated/α-hetero) is 3. The van der Waals surface area contributed by atoms with Gasteiger partial charge in [-0.15, -0.1) is 0 Å². The van der Waals surface area contributed by atoms with Crippen LogP contribution in [0.5, 0.6) is 0 Å². The van der Waals surface area contributed by atoms with Crippen LogP contribution in [0.15, 0.2) is 30.4 Å². The number of nitrogens with one attached hydrogen (secondary N) is 1. The molecule has 3 unspecified atom stereocenters. The van der Waals surface area contributed by atoms with Crippen LogP contribution in [0.1, 0.15) is 65.3 Å². The third-order valence-corrected chi connectivity index (χ3v) is 5.16. The summed E-state index contributed by atoms with van der Waals surface area (Å²) in [6, 6.07) is 5.29. The summed E-state index contributed by atoms with van der Waals surface area (Å²) in [5.41, 5.74) is 7.29. The van der Waals surface area contributed by atoms with Gasteiger partial charge in [-0.25, -0.2) is 0 Å². The van der Waals surface area contributed by atoms with Crippen molar-refractivity contribution in [1.29, 1.82) is 0 Å². The summed E-state index contributed by atoms with van der Waals surface area (Å²) in [5, 5.41) is 13.2. The van der Waals surface area contributed by atoms with E-state index >= 15 is 0 Å². The van der Waals surface area contributed by atoms with E-state index in [1.807, 2.05) is 6.07 Å². The predicted molar refractivity (Wildman–Crippen MR) is 104 cm³/mol. The average molecular weight is 372 g/mol. The molecular weight excluding hydrogens is 344 g/mol. The zero-order chi connectivity index (χ0) is 20.1. The fourth-order valence-electron chi connectivity index (χ4n) is 3.62. The molecule has 146 valence electrons. The third kappa shape index (κ3) is 4.97. The van der Waals surface area contributed by atoms with Gasteiger partial charge < -0.3 is 21.0 Å². The molecule has 0 amide bonds. The summed E-state index contributed by atoms with van der Waals surface area (Å²) in [4.78, 5) is 36.8. The van der Waals surface area contributed by atoms with Crippen LogP contribution >= 0.6 is 0 Å². The lowest BCUT2D eigenvalue weighted by Crippen LogP contribution is -2.34. The van der Waals surface area contributed by atoms with E-state index < -0.39 is 12.1 Å². The normalized spacial score (nSPS) is 18.7. The molecule has 0 spiro atoms. The topological polar surface area (TPSA) is 109 Å². The molecule has 4 N–H and O–H groups in total. The highest BCUT2D eigenvalue weighted by atomic mass is 16.3. The molecular formula is C21H28N2O4. The van der Waals surface area contributed by atoms with Gasteiger partial charge in [-0.1, -0.05) is 24.8 Å². The Balaban J connectivity index is 2.44. The highest BCUT2D eigenvalue weighted by molar-refractivity contribution is 6.16. The summed E-state index contributed by atoms with van der Waals surface area (Å²) in [5.74, 6) is -1.25. The molecule has 0 bridgehead atoms. The molecule has 1 saturated heterocycles. The van der Waals surface area contributed by atoms with Gasteiger partial charge in [0.05, 0.1) is 0 Å². The van der Waals surface area contributed by atoms with E-state index in [2.05, 4.69) is 11.9 Å². The van der Waals surface area contributed by atoms with Crippen molar-refractivity contribution in [2.75, 3.05) is 13.1 Å². The van der Waals surface area contributed by atoms with Crippen molar-refractivity contribution >= 4 is 17.3 Å². The number of aliphatic hydroxyl groups excluding tert-OH is 1. The molecule has 6 heteroatoms. The lowest BCUT2D eigenvalue weighted by molar-refractivity contribution is -0.117. The Bertz CT molecular complexity index is 749. The number of benzene rings is 1. The zero-order valence-electron chi connectivity index (χ0n) is 16.0. The smallest absolute Gasteiger partial charge is 0.189 e. The SMILES string of the molecule is C=C(C(=O)c1c(C(C)=O)cccc1C1CCNC1)C(CCC(C)=O)C(N)O. The molecule has 0 radical (unpaired) electrons. The molecule has 6 nitrogen and oxygen atoms in total. The molecule has 1 aliphatic rings. The first-order valence-corrected chi connectivity index (χ1v) is 9.25. The molecule has 0 aliphatic carbocycles. The van der Waals surface area contributed by atoms with Gasteiger partial charge in [-0.2, -0.15) is 0 Å². The van der Waals surface area contributed by atoms with Gasteiger partial charge in [0.1, 0.15) is 12.0 Å². The van der Waals surface area contributed by atoms with Crippen LogP contribution in [0.4, 0.5) is 0 Å². The standard InChI is InChI=1S/C21H28N2O4/c1-12(24)7-8-16(21(22)27)13(2)20(26)19-17(14(3)25)5-4-6-18(19)15-9-10-23-11-15/h4-6,15-16,21,23,27H,2,7-11,22H2,1,3H3. The average Bonchev–Trinajstić information content (AvgIpc) is 3.14. The number of carbonyl (C=O) groups excluding carboxylic acids is 3. The van der Waals surface area contributed by atoms with Crippen molar-refractivity contribution in [3.8, 4) is 0 Å². The lowest BCUT2D eigenvalue weighted by atomic mass is 9.81. The van der Waals surface area contributed by atoms with Gasteiger partial charge in [-0.3, -0.25) is 9.59 Å². The number of nitrogens with two attached hydrogens (primary N) is 1. The number of carbonyl (C=O) groups is 3. The molecule has 1 aliphatic heterocycles. The van der Waals surface area contributed by atoms with Gasteiger partial charge in [0.15, 0.2) is 11.6 Å². The molecule has 2 rings (SSSR count). The highest BCUT2D eigenvalue weighted by Gasteiger charge is 2.31. The first-order valence-electron chi connectivity index (χ1n) is 9.25. The monoisotopic (exact) mass is 372 g/mol. The van der Waals surface area contributed by atoms with Crippen LogP contribution in [0.3, 0.4) is 0 Å². The number of hydrogen-bond acceptors (Lipinski definition) is 6. The van der Waals surface area contributed by atoms with Crippen LogP contribution in [0, 0.1) is 5.92 Å². The van der Waals surface area contributed by atoms with Crippen molar-refractivity contribution in [3.63, 3.8) is 0 Å². The van der Waals surface area contributed by atoms with E-state index in [-0.39, 0.29) is 41.7 Å². The fourth-order valence-corrected chi connectivity index (χ4v) is 3.62. The van der Waals surface area contributed by atoms with Crippen LogP contribution in [0.25, 0.3) is 0 Å². The maximum absolute atomic E-state index is 13.3. The van der Waals surface area contributed by atoms with Gasteiger partial charge in [-0.05, 0) is 50.3 Å². The largest absolute Gasteiger partial charge is 0.378 e. The van der Waals surface area contributed by atoms with Gasteiger partial charge in [0, 0.05) is 30.0 Å². The maximum Gasteiger partial charge on any atom is 0.189 e. The van der Waals surface area contributed by atoms with Crippen molar-refractivity contribution in [1.82, 2.24) is 5.32 Å². The second-order valence-corrected chi connectivity index (χ2v) is 7.21. The molecule has 1 aromatic rings. The van der Waals surface area contributed by atoms with E-state index in [9.17, 15) is 19.5 Å². The van der Waals surface area contributed by atoms with E-state index in [1.165, 1.54) is 13.8 Å². The second kappa shape index (κ2) is 9.17. The first kappa shape index (κ1) is 21.2. The molecule has 3 atom stereocenters. The van der Waals surface area contributed by atoms with Crippen LogP contribution in [-0.4, -0.2) is 41.8 Å². The first-order chi connectivity index (χ1) is 12.7. The van der Waals surface area contributed by atoms with Gasteiger partial charge >= 0.3 is 0 Å². The Labute approximate surface area is 159 Å². The van der Waals surface area contributed by atoms with E-state index in [0.717, 1.165) is 25.1 Å². The summed E-state index contributed by atoms with van der Waals surface area (Å²) in [7, 11) is 0. The van der Waals surface area contributed by atoms with Gasteiger partial charge in [0.25, 0.3) is 0 Å². The zero-order valence-corrected chi connectivity index (χ0v) is 16.0. The Hall–Kier alpha value is -2.15. The Morgan fingerprint density at radius 3 is 2.56 bits per heavy atom.